The minimum Gasteiger partial charge on any atom is -0.410 e. The van der Waals surface area contributed by atoms with Crippen molar-refractivity contribution in [1.82, 2.24) is 15.2 Å². The van der Waals surface area contributed by atoms with Crippen LogP contribution in [-0.4, -0.2) is 26.8 Å². The molecule has 6 nitrogen and oxygen atoms in total. The van der Waals surface area contributed by atoms with Crippen molar-refractivity contribution >= 4 is 45.9 Å². The van der Waals surface area contributed by atoms with Crippen molar-refractivity contribution in [3.05, 3.63) is 52.2 Å². The molecule has 2 aromatic heterocycles. The van der Waals surface area contributed by atoms with Gasteiger partial charge in [0.15, 0.2) is 0 Å². The maximum absolute atomic E-state index is 11.9. The Labute approximate surface area is 150 Å². The number of anilines is 1. The van der Waals surface area contributed by atoms with Gasteiger partial charge in [0.2, 0.25) is 5.91 Å². The number of benzene rings is 1. The van der Waals surface area contributed by atoms with Gasteiger partial charge in [-0.25, -0.2) is 0 Å². The molecular weight excluding hydrogens is 427 g/mol. The van der Waals surface area contributed by atoms with Crippen LogP contribution in [0.1, 0.15) is 0 Å². The van der Waals surface area contributed by atoms with Crippen molar-refractivity contribution in [2.75, 3.05) is 11.1 Å². The molecule has 0 saturated carbocycles. The topological polar surface area (TPSA) is 80.9 Å². The van der Waals surface area contributed by atoms with Gasteiger partial charge in [-0.1, -0.05) is 17.8 Å². The van der Waals surface area contributed by atoms with E-state index in [1.165, 1.54) is 11.8 Å². The van der Waals surface area contributed by atoms with Crippen molar-refractivity contribution < 1.29 is 9.21 Å². The van der Waals surface area contributed by atoms with Crippen LogP contribution in [0.25, 0.3) is 11.6 Å². The zero-order chi connectivity index (χ0) is 16.1. The summed E-state index contributed by atoms with van der Waals surface area (Å²) in [7, 11) is 0. The van der Waals surface area contributed by atoms with Crippen LogP contribution >= 0.6 is 34.4 Å². The number of rotatable bonds is 5. The molecule has 1 N–H and O–H groups in total. The molecule has 116 valence electrons. The van der Waals surface area contributed by atoms with Gasteiger partial charge in [0.05, 0.1) is 5.75 Å². The van der Waals surface area contributed by atoms with E-state index in [-0.39, 0.29) is 11.7 Å². The molecule has 0 fully saturated rings. The normalized spacial score (nSPS) is 10.5. The number of amides is 1. The van der Waals surface area contributed by atoms with Crippen LogP contribution in [0.3, 0.4) is 0 Å². The van der Waals surface area contributed by atoms with Crippen LogP contribution in [0.15, 0.2) is 58.3 Å². The molecule has 0 spiro atoms. The molecule has 0 bridgehead atoms. The van der Waals surface area contributed by atoms with Crippen LogP contribution in [0.5, 0.6) is 0 Å². The minimum atomic E-state index is -0.131. The summed E-state index contributed by atoms with van der Waals surface area (Å²) in [4.78, 5) is 16.0. The molecule has 0 aliphatic rings. The highest BCUT2D eigenvalue weighted by molar-refractivity contribution is 14.1. The number of hydrogen-bond donors (Lipinski definition) is 1. The van der Waals surface area contributed by atoms with E-state index in [0.29, 0.717) is 16.8 Å². The molecule has 23 heavy (non-hydrogen) atoms. The fourth-order valence-electron chi connectivity index (χ4n) is 1.72. The lowest BCUT2D eigenvalue weighted by molar-refractivity contribution is -0.113. The molecule has 1 amide bonds. The van der Waals surface area contributed by atoms with Gasteiger partial charge in [-0.15, -0.1) is 10.2 Å². The first-order chi connectivity index (χ1) is 11.2. The van der Waals surface area contributed by atoms with Crippen LogP contribution in [0.2, 0.25) is 0 Å². The van der Waals surface area contributed by atoms with E-state index in [1.54, 1.807) is 12.3 Å². The summed E-state index contributed by atoms with van der Waals surface area (Å²) < 4.78 is 6.60. The Morgan fingerprint density at radius 1 is 1.17 bits per heavy atom. The van der Waals surface area contributed by atoms with E-state index < -0.39 is 0 Å². The number of nitrogens with one attached hydrogen (secondary N) is 1. The molecule has 8 heteroatoms. The van der Waals surface area contributed by atoms with Gasteiger partial charge in [-0.2, -0.15) is 0 Å². The number of carbonyl (C=O) groups is 1. The van der Waals surface area contributed by atoms with Crippen molar-refractivity contribution in [1.29, 1.82) is 0 Å². The van der Waals surface area contributed by atoms with Crippen molar-refractivity contribution in [2.24, 2.45) is 0 Å². The number of pyridine rings is 1. The van der Waals surface area contributed by atoms with Gasteiger partial charge in [0, 0.05) is 15.5 Å². The Bertz CT molecular complexity index is 793. The Balaban J connectivity index is 1.55. The molecule has 0 unspecified atom stereocenters. The van der Waals surface area contributed by atoms with Crippen LogP contribution in [0, 0.1) is 3.57 Å². The number of halogens is 1. The minimum absolute atomic E-state index is 0.131. The summed E-state index contributed by atoms with van der Waals surface area (Å²) in [5.41, 5.74) is 1.37. The third-order valence-electron chi connectivity index (χ3n) is 2.75. The standard InChI is InChI=1S/C15H11IN4O2S/c16-10-4-6-11(7-5-10)18-13(21)9-23-15-20-19-14(22-15)12-3-1-2-8-17-12/h1-8H,9H2,(H,18,21). The maximum Gasteiger partial charge on any atom is 0.277 e. The number of thioether (sulfide) groups is 1. The first-order valence-electron chi connectivity index (χ1n) is 6.64. The number of hydrogen-bond acceptors (Lipinski definition) is 6. The lowest BCUT2D eigenvalue weighted by Gasteiger charge is -2.03. The summed E-state index contributed by atoms with van der Waals surface area (Å²) in [6.45, 7) is 0. The summed E-state index contributed by atoms with van der Waals surface area (Å²) in [5, 5.41) is 11.0. The van der Waals surface area contributed by atoms with Gasteiger partial charge in [0.25, 0.3) is 11.1 Å². The van der Waals surface area contributed by atoms with Gasteiger partial charge < -0.3 is 9.73 Å². The monoisotopic (exact) mass is 438 g/mol. The van der Waals surface area contributed by atoms with Crippen LogP contribution < -0.4 is 5.32 Å². The predicted molar refractivity (Wildman–Crippen MR) is 96.0 cm³/mol. The van der Waals surface area contributed by atoms with Crippen molar-refractivity contribution in [2.45, 2.75) is 5.22 Å². The van der Waals surface area contributed by atoms with E-state index in [9.17, 15) is 4.79 Å². The largest absolute Gasteiger partial charge is 0.410 e. The smallest absolute Gasteiger partial charge is 0.277 e. The summed E-state index contributed by atoms with van der Waals surface area (Å²) in [6.07, 6.45) is 1.65. The number of nitrogens with zero attached hydrogens (tertiary/aromatic N) is 3. The molecule has 3 rings (SSSR count). The Kier molecular flexibility index (Phi) is 5.23. The molecular formula is C15H11IN4O2S. The molecule has 0 radical (unpaired) electrons. The number of carbonyl (C=O) groups excluding carboxylic acids is 1. The van der Waals surface area contributed by atoms with Gasteiger partial charge in [-0.05, 0) is 59.0 Å². The zero-order valence-corrected chi connectivity index (χ0v) is 14.7. The first-order valence-corrected chi connectivity index (χ1v) is 8.70. The second kappa shape index (κ2) is 7.55. The summed E-state index contributed by atoms with van der Waals surface area (Å²) in [5.74, 6) is 0.399. The van der Waals surface area contributed by atoms with Gasteiger partial charge in [0.1, 0.15) is 5.69 Å². The molecule has 0 aliphatic heterocycles. The van der Waals surface area contributed by atoms with Gasteiger partial charge in [-0.3, -0.25) is 9.78 Å². The highest BCUT2D eigenvalue weighted by atomic mass is 127. The van der Waals surface area contributed by atoms with Crippen molar-refractivity contribution in [3.63, 3.8) is 0 Å². The molecule has 0 atom stereocenters. The van der Waals surface area contributed by atoms with E-state index in [4.69, 9.17) is 4.42 Å². The molecule has 2 heterocycles. The molecule has 0 aliphatic carbocycles. The Morgan fingerprint density at radius 2 is 2.00 bits per heavy atom. The second-order valence-electron chi connectivity index (χ2n) is 4.43. The molecule has 3 aromatic rings. The maximum atomic E-state index is 11.9. The number of aromatic nitrogens is 3. The van der Waals surface area contributed by atoms with E-state index in [0.717, 1.165) is 9.26 Å². The SMILES string of the molecule is O=C(CSc1nnc(-c2ccccn2)o1)Nc1ccc(I)cc1. The lowest BCUT2D eigenvalue weighted by Crippen LogP contribution is -2.13. The third kappa shape index (κ3) is 4.52. The summed E-state index contributed by atoms with van der Waals surface area (Å²) in [6, 6.07) is 13.0. The predicted octanol–water partition coefficient (Wildman–Crippen LogP) is 3.47. The second-order valence-corrected chi connectivity index (χ2v) is 6.60. The Morgan fingerprint density at radius 3 is 2.74 bits per heavy atom. The molecule has 0 saturated heterocycles. The van der Waals surface area contributed by atoms with E-state index >= 15 is 0 Å². The fraction of sp³-hybridized carbons (Fsp3) is 0.0667. The van der Waals surface area contributed by atoms with Crippen molar-refractivity contribution in [3.8, 4) is 11.6 Å². The lowest BCUT2D eigenvalue weighted by atomic mass is 10.3. The zero-order valence-electron chi connectivity index (χ0n) is 11.8. The van der Waals surface area contributed by atoms with Crippen LogP contribution in [0.4, 0.5) is 5.69 Å². The fourth-order valence-corrected chi connectivity index (χ4v) is 2.64. The average Bonchev–Trinajstić information content (AvgIpc) is 3.05. The average molecular weight is 438 g/mol. The van der Waals surface area contributed by atoms with E-state index in [1.807, 2.05) is 36.4 Å². The first kappa shape index (κ1) is 15.9. The van der Waals surface area contributed by atoms with E-state index in [2.05, 4.69) is 43.1 Å². The van der Waals surface area contributed by atoms with Crippen LogP contribution in [-0.2, 0) is 4.79 Å². The summed E-state index contributed by atoms with van der Waals surface area (Å²) >= 11 is 3.40. The van der Waals surface area contributed by atoms with Gasteiger partial charge >= 0.3 is 0 Å². The third-order valence-corrected chi connectivity index (χ3v) is 4.28. The Hall–Kier alpha value is -1.94. The molecule has 1 aromatic carbocycles. The highest BCUT2D eigenvalue weighted by Gasteiger charge is 2.11. The quantitative estimate of drug-likeness (QED) is 0.486. The highest BCUT2D eigenvalue weighted by Crippen LogP contribution is 2.21.